The van der Waals surface area contributed by atoms with Crippen molar-refractivity contribution in [3.8, 4) is 34.4 Å². The second-order valence-corrected chi connectivity index (χ2v) is 14.2. The van der Waals surface area contributed by atoms with Crippen LogP contribution in [0.25, 0.3) is 72.7 Å². The molecular weight excluding hydrogens is 715 g/mol. The molecule has 9 nitrogen and oxygen atoms in total. The van der Waals surface area contributed by atoms with Crippen LogP contribution in [-0.2, 0) is 6.42 Å². The zero-order chi connectivity index (χ0) is 39.6. The molecule has 0 unspecified atom stereocenters. The topological polar surface area (TPSA) is 99.0 Å². The first kappa shape index (κ1) is 36.3. The number of aliphatic imine (C=N–C) groups is 2. The average molecular weight is 756 g/mol. The Kier molecular flexibility index (Phi) is 9.77. The van der Waals surface area contributed by atoms with E-state index in [-0.39, 0.29) is 0 Å². The van der Waals surface area contributed by atoms with Crippen LogP contribution in [0.3, 0.4) is 0 Å². The predicted molar refractivity (Wildman–Crippen MR) is 238 cm³/mol. The van der Waals surface area contributed by atoms with Crippen LogP contribution in [0.15, 0.2) is 163 Å². The summed E-state index contributed by atoms with van der Waals surface area (Å²) in [5.74, 6) is 3.09. The quantitative estimate of drug-likeness (QED) is 0.102. The second-order valence-electron chi connectivity index (χ2n) is 14.2. The van der Waals surface area contributed by atoms with Gasteiger partial charge in [0.15, 0.2) is 23.3 Å². The van der Waals surface area contributed by atoms with Crippen molar-refractivity contribution in [1.82, 2.24) is 34.1 Å². The van der Waals surface area contributed by atoms with Crippen LogP contribution >= 0.6 is 0 Å². The van der Waals surface area contributed by atoms with Gasteiger partial charge >= 0.3 is 0 Å². The molecule has 0 radical (unpaired) electrons. The Bertz CT molecular complexity index is 2980. The normalized spacial score (nSPS) is 13.2. The summed E-state index contributed by atoms with van der Waals surface area (Å²) in [5, 5.41) is 3.29. The van der Waals surface area contributed by atoms with E-state index in [2.05, 4.69) is 140 Å². The molecule has 58 heavy (non-hydrogen) atoms. The Morgan fingerprint density at radius 3 is 2.26 bits per heavy atom. The van der Waals surface area contributed by atoms with Gasteiger partial charge in [0, 0.05) is 63.5 Å². The van der Waals surface area contributed by atoms with Crippen LogP contribution in [0.2, 0.25) is 0 Å². The Hall–Kier alpha value is -7.39. The first-order valence-corrected chi connectivity index (χ1v) is 19.5. The van der Waals surface area contributed by atoms with E-state index in [1.54, 1.807) is 18.6 Å². The van der Waals surface area contributed by atoms with E-state index in [4.69, 9.17) is 15.0 Å². The van der Waals surface area contributed by atoms with Crippen molar-refractivity contribution in [2.45, 2.75) is 39.5 Å². The molecule has 0 aliphatic heterocycles. The van der Waals surface area contributed by atoms with Gasteiger partial charge in [-0.05, 0) is 92.6 Å². The minimum absolute atomic E-state index is 0.556. The molecule has 8 aromatic rings. The molecular formula is C49H41N9. The Balaban J connectivity index is 1.39. The molecule has 0 saturated carbocycles. The van der Waals surface area contributed by atoms with Gasteiger partial charge in [0.2, 0.25) is 5.95 Å². The molecule has 4 heterocycles. The van der Waals surface area contributed by atoms with Crippen molar-refractivity contribution in [2.75, 3.05) is 0 Å². The molecule has 4 aromatic carbocycles. The zero-order valence-electron chi connectivity index (χ0n) is 32.5. The monoisotopic (exact) mass is 755 g/mol. The summed E-state index contributed by atoms with van der Waals surface area (Å²) in [6, 6.07) is 33.5. The molecule has 0 amide bonds. The molecule has 0 atom stereocenters. The summed E-state index contributed by atoms with van der Waals surface area (Å²) in [6.07, 6.45) is 16.2. The number of nitrogens with zero attached hydrogens (tertiary/aromatic N) is 9. The minimum Gasteiger partial charge on any atom is -0.307 e. The standard InChI is InChI=1S/C49H41N9/c1-5-50-45(51-6-2)32(3)23-27-41-33(4)38-25-26-39-40-31-36(46-52-29-16-30-53-46)24-28-42(40)57(37-21-14-9-15-22-37)44(39)43(38)58(41)49-55-47(34-17-10-7-11-18-34)54-48(56-49)35-19-12-8-13-20-35/h5-12,14-19,21-22,24-26,28-31H,1,3,13,20,23,27H2,2,4H3/b50-45-,51-6-. The molecule has 282 valence electrons. The molecule has 9 heteroatoms. The van der Waals surface area contributed by atoms with E-state index in [9.17, 15) is 0 Å². The van der Waals surface area contributed by atoms with Crippen LogP contribution in [0, 0.1) is 6.92 Å². The van der Waals surface area contributed by atoms with E-state index in [1.807, 2.05) is 31.2 Å². The van der Waals surface area contributed by atoms with Gasteiger partial charge in [-0.2, -0.15) is 9.97 Å². The lowest BCUT2D eigenvalue weighted by molar-refractivity contribution is 0.824. The highest BCUT2D eigenvalue weighted by Gasteiger charge is 2.26. The smallest absolute Gasteiger partial charge is 0.238 e. The summed E-state index contributed by atoms with van der Waals surface area (Å²) in [7, 11) is 0. The highest BCUT2D eigenvalue weighted by atomic mass is 15.2. The summed E-state index contributed by atoms with van der Waals surface area (Å²) in [6.45, 7) is 12.3. The van der Waals surface area contributed by atoms with Crippen molar-refractivity contribution in [1.29, 1.82) is 0 Å². The largest absolute Gasteiger partial charge is 0.307 e. The number of fused-ring (bicyclic) bond motifs is 5. The lowest BCUT2D eigenvalue weighted by atomic mass is 10.0. The fourth-order valence-corrected chi connectivity index (χ4v) is 7.95. The maximum atomic E-state index is 5.34. The SMILES string of the molecule is C=C/N=C(\N=C/C)C(=C)CCc1c(C)c2ccc3c4cc(-c5ncccn5)ccc4n(-c4ccccc4)c3c2n1-c1nc(C2=CC=CCC2)nc(-c2ccccc2)n1. The van der Waals surface area contributed by atoms with Crippen molar-refractivity contribution >= 4 is 50.3 Å². The molecule has 0 N–H and O–H groups in total. The number of hydrogen-bond acceptors (Lipinski definition) is 6. The third-order valence-corrected chi connectivity index (χ3v) is 10.7. The van der Waals surface area contributed by atoms with Crippen molar-refractivity contribution in [3.63, 3.8) is 0 Å². The fraction of sp³-hybridized carbons (Fsp3) is 0.122. The Morgan fingerprint density at radius 1 is 0.776 bits per heavy atom. The number of aryl methyl sites for hydroxylation is 1. The van der Waals surface area contributed by atoms with E-state index in [1.165, 1.54) is 6.20 Å². The van der Waals surface area contributed by atoms with Gasteiger partial charge in [-0.15, -0.1) is 0 Å². The predicted octanol–water partition coefficient (Wildman–Crippen LogP) is 11.2. The maximum absolute atomic E-state index is 5.34. The second kappa shape index (κ2) is 15.6. The van der Waals surface area contributed by atoms with E-state index < -0.39 is 0 Å². The molecule has 0 bridgehead atoms. The number of rotatable bonds is 10. The number of hydrogen-bond donors (Lipinski definition) is 0. The van der Waals surface area contributed by atoms with Gasteiger partial charge in [0.05, 0.1) is 16.6 Å². The number of aromatic nitrogens is 7. The van der Waals surface area contributed by atoms with E-state index in [0.717, 1.165) is 84.8 Å². The van der Waals surface area contributed by atoms with Gasteiger partial charge < -0.3 is 4.57 Å². The molecule has 1 aliphatic rings. The lowest BCUT2D eigenvalue weighted by Gasteiger charge is -2.16. The van der Waals surface area contributed by atoms with Crippen LogP contribution in [0.1, 0.15) is 43.3 Å². The highest BCUT2D eigenvalue weighted by molar-refractivity contribution is 6.19. The lowest BCUT2D eigenvalue weighted by Crippen LogP contribution is -2.12. The molecule has 4 aromatic heterocycles. The first-order chi connectivity index (χ1) is 28.5. The molecule has 1 aliphatic carbocycles. The highest BCUT2D eigenvalue weighted by Crippen LogP contribution is 2.42. The summed E-state index contributed by atoms with van der Waals surface area (Å²) < 4.78 is 4.63. The van der Waals surface area contributed by atoms with E-state index >= 15 is 0 Å². The molecule has 0 saturated heterocycles. The minimum atomic E-state index is 0.556. The van der Waals surface area contributed by atoms with Crippen molar-refractivity contribution in [3.05, 3.63) is 170 Å². The Labute approximate surface area is 337 Å². The van der Waals surface area contributed by atoms with Gasteiger partial charge in [-0.3, -0.25) is 4.57 Å². The Morgan fingerprint density at radius 2 is 1.52 bits per heavy atom. The van der Waals surface area contributed by atoms with Crippen molar-refractivity contribution < 1.29 is 0 Å². The molecule has 9 rings (SSSR count). The zero-order valence-corrected chi connectivity index (χ0v) is 32.5. The summed E-state index contributed by atoms with van der Waals surface area (Å²) in [4.78, 5) is 33.9. The van der Waals surface area contributed by atoms with Crippen molar-refractivity contribution in [2.24, 2.45) is 9.98 Å². The van der Waals surface area contributed by atoms with Gasteiger partial charge in [0.1, 0.15) is 0 Å². The first-order valence-electron chi connectivity index (χ1n) is 19.5. The third-order valence-electron chi connectivity index (χ3n) is 10.7. The average Bonchev–Trinajstić information content (AvgIpc) is 3.77. The van der Waals surface area contributed by atoms with Gasteiger partial charge in [0.25, 0.3) is 0 Å². The number of benzene rings is 4. The maximum Gasteiger partial charge on any atom is 0.238 e. The third kappa shape index (κ3) is 6.56. The van der Waals surface area contributed by atoms with Crippen LogP contribution in [-0.4, -0.2) is 46.1 Å². The number of allylic oxidation sites excluding steroid dienone is 4. The summed E-state index contributed by atoms with van der Waals surface area (Å²) >= 11 is 0. The number of amidine groups is 1. The van der Waals surface area contributed by atoms with Crippen LogP contribution in [0.4, 0.5) is 0 Å². The molecule has 0 fully saturated rings. The number of para-hydroxylation sites is 1. The van der Waals surface area contributed by atoms with Gasteiger partial charge in [-0.25, -0.2) is 24.9 Å². The van der Waals surface area contributed by atoms with Crippen LogP contribution in [0.5, 0.6) is 0 Å². The van der Waals surface area contributed by atoms with Crippen LogP contribution < -0.4 is 0 Å². The fourth-order valence-electron chi connectivity index (χ4n) is 7.95. The summed E-state index contributed by atoms with van der Waals surface area (Å²) in [5.41, 5.74) is 10.1. The molecule has 0 spiro atoms. The van der Waals surface area contributed by atoms with E-state index in [0.29, 0.717) is 42.1 Å². The van der Waals surface area contributed by atoms with Gasteiger partial charge in [-0.1, -0.05) is 92.0 Å².